The topological polar surface area (TPSA) is 14.1 Å². The molecule has 0 aromatic heterocycles. The van der Waals surface area contributed by atoms with Gasteiger partial charge in [-0.2, -0.15) is 0 Å². The molecule has 1 aliphatic heterocycles. The van der Waals surface area contributed by atoms with Gasteiger partial charge < -0.3 is 5.32 Å². The Hall–Kier alpha value is 0.583. The van der Waals surface area contributed by atoms with Crippen LogP contribution in [0.25, 0.3) is 5.32 Å². The Balaban J connectivity index is 0.00000121. The van der Waals surface area contributed by atoms with Gasteiger partial charge in [0.1, 0.15) is 0 Å². The normalized spacial score (nSPS) is 28.2. The van der Waals surface area contributed by atoms with E-state index in [2.05, 4.69) is 39.9 Å². The maximum atomic E-state index is 4.62. The number of hydrogen-bond donors (Lipinski definition) is 0. The monoisotopic (exact) mass is 257 g/mol. The SMILES string of the molecule is CC1(C)CC(C(C)(C)C)C[N-]1.[Rh]. The van der Waals surface area contributed by atoms with Crippen LogP contribution in [0.5, 0.6) is 0 Å². The molecule has 0 aliphatic carbocycles. The van der Waals surface area contributed by atoms with Gasteiger partial charge in [-0.3, -0.25) is 0 Å². The van der Waals surface area contributed by atoms with Gasteiger partial charge in [0.25, 0.3) is 0 Å². The second-order valence-corrected chi connectivity index (χ2v) is 5.42. The summed E-state index contributed by atoms with van der Waals surface area (Å²) >= 11 is 0. The largest absolute Gasteiger partial charge is 0.657 e. The molecule has 0 spiro atoms. The first-order valence-electron chi connectivity index (χ1n) is 4.50. The summed E-state index contributed by atoms with van der Waals surface area (Å²) in [7, 11) is 0. The summed E-state index contributed by atoms with van der Waals surface area (Å²) in [6, 6.07) is 0. The van der Waals surface area contributed by atoms with Crippen LogP contribution in [0.15, 0.2) is 0 Å². The summed E-state index contributed by atoms with van der Waals surface area (Å²) in [5.74, 6) is 0.789. The molecule has 1 heterocycles. The van der Waals surface area contributed by atoms with Crippen molar-refractivity contribution >= 4 is 0 Å². The summed E-state index contributed by atoms with van der Waals surface area (Å²) in [5.41, 5.74) is 0.690. The van der Waals surface area contributed by atoms with Gasteiger partial charge in [-0.15, -0.1) is 12.1 Å². The predicted octanol–water partition coefficient (Wildman–Crippen LogP) is 3.20. The first kappa shape index (κ1) is 12.6. The number of nitrogens with zero attached hydrogens (tertiary/aromatic N) is 1. The van der Waals surface area contributed by atoms with Gasteiger partial charge in [0.05, 0.1) is 0 Å². The average molecular weight is 257 g/mol. The third-order valence-electron chi connectivity index (χ3n) is 2.71. The molecule has 12 heavy (non-hydrogen) atoms. The Morgan fingerprint density at radius 3 is 1.92 bits per heavy atom. The quantitative estimate of drug-likeness (QED) is 0.592. The van der Waals surface area contributed by atoms with E-state index in [-0.39, 0.29) is 25.0 Å². The fraction of sp³-hybridized carbons (Fsp3) is 1.00. The molecule has 0 saturated carbocycles. The zero-order valence-electron chi connectivity index (χ0n) is 8.77. The fourth-order valence-electron chi connectivity index (χ4n) is 1.67. The molecule has 0 amide bonds. The van der Waals surface area contributed by atoms with Gasteiger partial charge in [-0.1, -0.05) is 47.0 Å². The minimum absolute atomic E-state index is 0. The Labute approximate surface area is 89.5 Å². The van der Waals surface area contributed by atoms with Crippen molar-refractivity contribution in [3.8, 4) is 0 Å². The zero-order chi connectivity index (χ0) is 8.70. The van der Waals surface area contributed by atoms with E-state index in [9.17, 15) is 0 Å². The van der Waals surface area contributed by atoms with E-state index in [1.165, 1.54) is 6.42 Å². The maximum absolute atomic E-state index is 4.62. The van der Waals surface area contributed by atoms with E-state index < -0.39 is 0 Å². The van der Waals surface area contributed by atoms with Crippen molar-refractivity contribution in [3.05, 3.63) is 5.32 Å². The first-order valence-corrected chi connectivity index (χ1v) is 4.50. The van der Waals surface area contributed by atoms with Gasteiger partial charge >= 0.3 is 0 Å². The summed E-state index contributed by atoms with van der Waals surface area (Å²) < 4.78 is 0. The molecular formula is C10H20NRh-. The minimum atomic E-state index is 0. The first-order chi connectivity index (χ1) is 4.81. The van der Waals surface area contributed by atoms with Gasteiger partial charge in [-0.25, -0.2) is 0 Å². The molecule has 1 atom stereocenters. The molecule has 1 radical (unpaired) electrons. The molecular weight excluding hydrogens is 237 g/mol. The smallest absolute Gasteiger partial charge is 0 e. The molecule has 0 bridgehead atoms. The van der Waals surface area contributed by atoms with E-state index >= 15 is 0 Å². The van der Waals surface area contributed by atoms with E-state index in [0.717, 1.165) is 12.5 Å². The molecule has 0 aromatic rings. The predicted molar refractivity (Wildman–Crippen MR) is 49.9 cm³/mol. The maximum Gasteiger partial charge on any atom is 0 e. The van der Waals surface area contributed by atoms with Crippen molar-refractivity contribution in [2.24, 2.45) is 11.3 Å². The van der Waals surface area contributed by atoms with Crippen molar-refractivity contribution in [1.82, 2.24) is 0 Å². The molecule has 1 saturated heterocycles. The third-order valence-corrected chi connectivity index (χ3v) is 2.71. The van der Waals surface area contributed by atoms with Crippen LogP contribution in [0.2, 0.25) is 0 Å². The van der Waals surface area contributed by atoms with Crippen molar-refractivity contribution in [2.45, 2.75) is 46.6 Å². The average Bonchev–Trinajstić information content (AvgIpc) is 2.07. The summed E-state index contributed by atoms with van der Waals surface area (Å²) in [6.07, 6.45) is 1.26. The molecule has 0 N–H and O–H groups in total. The van der Waals surface area contributed by atoms with E-state index in [1.807, 2.05) is 0 Å². The van der Waals surface area contributed by atoms with Crippen LogP contribution in [0, 0.1) is 11.3 Å². The molecule has 1 rings (SSSR count). The second-order valence-electron chi connectivity index (χ2n) is 5.42. The summed E-state index contributed by atoms with van der Waals surface area (Å²) in [6.45, 7) is 12.5. The van der Waals surface area contributed by atoms with Crippen LogP contribution in [0.1, 0.15) is 41.0 Å². The van der Waals surface area contributed by atoms with Crippen LogP contribution < -0.4 is 0 Å². The van der Waals surface area contributed by atoms with Crippen LogP contribution in [-0.2, 0) is 19.5 Å². The second kappa shape index (κ2) is 3.76. The minimum Gasteiger partial charge on any atom is -0.657 e. The van der Waals surface area contributed by atoms with Crippen LogP contribution in [0.3, 0.4) is 0 Å². The number of hydrogen-bond acceptors (Lipinski definition) is 0. The Kier molecular flexibility index (Phi) is 3.94. The van der Waals surface area contributed by atoms with E-state index in [0.29, 0.717) is 5.41 Å². The van der Waals surface area contributed by atoms with Crippen LogP contribution in [0.4, 0.5) is 0 Å². The van der Waals surface area contributed by atoms with Crippen molar-refractivity contribution in [2.75, 3.05) is 6.54 Å². The van der Waals surface area contributed by atoms with E-state index in [1.54, 1.807) is 0 Å². The molecule has 0 aromatic carbocycles. The standard InChI is InChI=1S/C10H20N.Rh/c1-9(2,3)8-6-10(4,5)11-7-8;/h8H,6-7H2,1-5H3;/q-1;. The van der Waals surface area contributed by atoms with Crippen LogP contribution >= 0.6 is 0 Å². The zero-order valence-corrected chi connectivity index (χ0v) is 10.4. The van der Waals surface area contributed by atoms with Gasteiger partial charge in [0, 0.05) is 19.5 Å². The molecule has 1 nitrogen and oxygen atoms in total. The Morgan fingerprint density at radius 2 is 1.75 bits per heavy atom. The van der Waals surface area contributed by atoms with Crippen molar-refractivity contribution in [1.29, 1.82) is 0 Å². The Bertz CT molecular complexity index is 146. The molecule has 1 aliphatic rings. The molecule has 1 unspecified atom stereocenters. The van der Waals surface area contributed by atoms with Crippen molar-refractivity contribution < 1.29 is 19.5 Å². The Morgan fingerprint density at radius 1 is 1.25 bits per heavy atom. The van der Waals surface area contributed by atoms with E-state index in [4.69, 9.17) is 0 Å². The third kappa shape index (κ3) is 3.14. The van der Waals surface area contributed by atoms with Gasteiger partial charge in [-0.05, 0) is 5.41 Å². The number of rotatable bonds is 0. The summed E-state index contributed by atoms with van der Waals surface area (Å²) in [4.78, 5) is 0. The van der Waals surface area contributed by atoms with Crippen molar-refractivity contribution in [3.63, 3.8) is 0 Å². The molecule has 1 fully saturated rings. The van der Waals surface area contributed by atoms with Gasteiger partial charge in [0.2, 0.25) is 0 Å². The summed E-state index contributed by atoms with van der Waals surface area (Å²) in [5, 5.41) is 4.62. The van der Waals surface area contributed by atoms with Gasteiger partial charge in [0.15, 0.2) is 0 Å². The van der Waals surface area contributed by atoms with Crippen LogP contribution in [-0.4, -0.2) is 12.1 Å². The molecule has 2 heteroatoms. The molecule has 75 valence electrons. The fourth-order valence-corrected chi connectivity index (χ4v) is 1.67.